The lowest BCUT2D eigenvalue weighted by molar-refractivity contribution is 0.253. The van der Waals surface area contributed by atoms with Gasteiger partial charge in [-0.3, -0.25) is 4.99 Å². The van der Waals surface area contributed by atoms with Crippen LogP contribution in [0.2, 0.25) is 0 Å². The molecular weight excluding hydrogens is 473 g/mol. The Morgan fingerprint density at radius 3 is 2.74 bits per heavy atom. The van der Waals surface area contributed by atoms with Crippen LogP contribution in [0.15, 0.2) is 10.4 Å². The van der Waals surface area contributed by atoms with E-state index in [9.17, 15) is 5.11 Å². The number of anilines is 1. The van der Waals surface area contributed by atoms with Crippen molar-refractivity contribution < 1.29 is 5.11 Å². The number of hydrogen-bond acceptors (Lipinski definition) is 5. The first-order valence-electron chi connectivity index (χ1n) is 10.1. The van der Waals surface area contributed by atoms with Crippen LogP contribution in [0.25, 0.3) is 0 Å². The molecule has 1 atom stereocenters. The third-order valence-corrected chi connectivity index (χ3v) is 5.63. The van der Waals surface area contributed by atoms with Crippen molar-refractivity contribution in [1.29, 1.82) is 0 Å². The van der Waals surface area contributed by atoms with Gasteiger partial charge in [-0.2, -0.15) is 0 Å². The first kappa shape index (κ1) is 24.4. The Hall–Kier alpha value is -0.610. The number of hydrogen-bond donors (Lipinski definition) is 3. The summed E-state index contributed by atoms with van der Waals surface area (Å²) >= 11 is 1.76. The lowest BCUT2D eigenvalue weighted by Gasteiger charge is -2.15. The van der Waals surface area contributed by atoms with Crippen molar-refractivity contribution in [3.8, 4) is 0 Å². The van der Waals surface area contributed by atoms with Crippen LogP contribution in [-0.2, 0) is 6.42 Å². The van der Waals surface area contributed by atoms with Gasteiger partial charge < -0.3 is 20.6 Å². The number of aliphatic hydroxyl groups excluding tert-OH is 1. The molecule has 0 aromatic carbocycles. The largest absolute Gasteiger partial charge is 0.396 e. The number of aliphatic hydroxyl groups is 1. The van der Waals surface area contributed by atoms with Gasteiger partial charge in [-0.05, 0) is 38.5 Å². The molecule has 1 unspecified atom stereocenters. The number of rotatable bonds is 11. The van der Waals surface area contributed by atoms with Gasteiger partial charge in [0, 0.05) is 51.1 Å². The van der Waals surface area contributed by atoms with E-state index >= 15 is 0 Å². The Balaban J connectivity index is 0.00000364. The van der Waals surface area contributed by atoms with E-state index in [0.29, 0.717) is 5.92 Å². The Bertz CT molecular complexity index is 528. The van der Waals surface area contributed by atoms with Gasteiger partial charge in [0.2, 0.25) is 0 Å². The first-order chi connectivity index (χ1) is 12.8. The first-order valence-corrected chi connectivity index (χ1v) is 11.0. The number of aliphatic imine (C=N–C) groups is 1. The highest BCUT2D eigenvalue weighted by Gasteiger charge is 2.15. The summed E-state index contributed by atoms with van der Waals surface area (Å²) in [4.78, 5) is 11.9. The Morgan fingerprint density at radius 1 is 1.30 bits per heavy atom. The average molecular weight is 510 g/mol. The number of nitrogens with one attached hydrogen (secondary N) is 2. The van der Waals surface area contributed by atoms with Crippen LogP contribution in [-0.4, -0.2) is 55.4 Å². The van der Waals surface area contributed by atoms with E-state index in [1.165, 1.54) is 18.0 Å². The molecule has 2 heterocycles. The highest BCUT2D eigenvalue weighted by Crippen LogP contribution is 2.24. The maximum Gasteiger partial charge on any atom is 0.191 e. The molecule has 3 N–H and O–H groups in total. The second-order valence-electron chi connectivity index (χ2n) is 6.88. The number of guanidine groups is 1. The number of thiazole rings is 1. The molecular formula is C19H36IN5OS. The standard InChI is InChI=1S/C19H35N5OS.HI/c1-3-7-16(9-13-25)14-22-18(20-4-2)21-10-8-17-15-26-19(23-17)24-11-5-6-12-24;/h15-16,25H,3-14H2,1-2H3,(H2,20,21,22);1H. The van der Waals surface area contributed by atoms with Gasteiger partial charge in [0.1, 0.15) is 0 Å². The highest BCUT2D eigenvalue weighted by atomic mass is 127. The van der Waals surface area contributed by atoms with E-state index in [-0.39, 0.29) is 30.6 Å². The molecule has 0 amide bonds. The summed E-state index contributed by atoms with van der Waals surface area (Å²) in [6, 6.07) is 0. The minimum absolute atomic E-state index is 0. The molecule has 1 aliphatic heterocycles. The Kier molecular flexibility index (Phi) is 13.0. The van der Waals surface area contributed by atoms with Crippen molar-refractivity contribution in [3.63, 3.8) is 0 Å². The second kappa shape index (κ2) is 14.4. The van der Waals surface area contributed by atoms with Gasteiger partial charge >= 0.3 is 0 Å². The monoisotopic (exact) mass is 509 g/mol. The second-order valence-corrected chi connectivity index (χ2v) is 7.72. The average Bonchev–Trinajstić information content (AvgIpc) is 3.31. The molecule has 1 aromatic heterocycles. The summed E-state index contributed by atoms with van der Waals surface area (Å²) in [7, 11) is 0. The van der Waals surface area contributed by atoms with Crippen LogP contribution in [0.3, 0.4) is 0 Å². The molecule has 6 nitrogen and oxygen atoms in total. The van der Waals surface area contributed by atoms with Gasteiger partial charge in [0.15, 0.2) is 11.1 Å². The van der Waals surface area contributed by atoms with Crippen LogP contribution in [0.5, 0.6) is 0 Å². The smallest absolute Gasteiger partial charge is 0.191 e. The predicted octanol–water partition coefficient (Wildman–Crippen LogP) is 3.26. The van der Waals surface area contributed by atoms with Crippen LogP contribution >= 0.6 is 35.3 Å². The van der Waals surface area contributed by atoms with Crippen LogP contribution < -0.4 is 15.5 Å². The molecule has 156 valence electrons. The van der Waals surface area contributed by atoms with Gasteiger partial charge in [-0.1, -0.05) is 13.3 Å². The minimum atomic E-state index is 0. The summed E-state index contributed by atoms with van der Waals surface area (Å²) in [6.45, 7) is 9.24. The van der Waals surface area contributed by atoms with Crippen molar-refractivity contribution in [1.82, 2.24) is 15.6 Å². The number of halogens is 1. The number of aromatic nitrogens is 1. The van der Waals surface area contributed by atoms with Crippen molar-refractivity contribution >= 4 is 46.4 Å². The molecule has 0 saturated carbocycles. The van der Waals surface area contributed by atoms with Gasteiger partial charge in [0.25, 0.3) is 0 Å². The number of nitrogens with zero attached hydrogens (tertiary/aromatic N) is 3. The zero-order valence-electron chi connectivity index (χ0n) is 16.7. The highest BCUT2D eigenvalue weighted by molar-refractivity contribution is 14.0. The lowest BCUT2D eigenvalue weighted by atomic mass is 10.0. The van der Waals surface area contributed by atoms with Gasteiger partial charge in [-0.15, -0.1) is 35.3 Å². The van der Waals surface area contributed by atoms with Crippen molar-refractivity contribution in [3.05, 3.63) is 11.1 Å². The topological polar surface area (TPSA) is 72.8 Å². The van der Waals surface area contributed by atoms with Crippen LogP contribution in [0, 0.1) is 5.92 Å². The van der Waals surface area contributed by atoms with Crippen LogP contribution in [0.1, 0.15) is 51.6 Å². The fourth-order valence-electron chi connectivity index (χ4n) is 3.25. The van der Waals surface area contributed by atoms with E-state index in [1.807, 2.05) is 0 Å². The van der Waals surface area contributed by atoms with Crippen molar-refractivity contribution in [2.75, 3.05) is 44.2 Å². The lowest BCUT2D eigenvalue weighted by Crippen LogP contribution is -2.38. The van der Waals surface area contributed by atoms with Crippen LogP contribution in [0.4, 0.5) is 5.13 Å². The quantitative estimate of drug-likeness (QED) is 0.243. The fraction of sp³-hybridized carbons (Fsp3) is 0.789. The third kappa shape index (κ3) is 8.95. The summed E-state index contributed by atoms with van der Waals surface area (Å²) in [5.41, 5.74) is 1.16. The summed E-state index contributed by atoms with van der Waals surface area (Å²) in [6.07, 6.45) is 6.55. The zero-order valence-corrected chi connectivity index (χ0v) is 19.9. The Morgan fingerprint density at radius 2 is 2.07 bits per heavy atom. The molecule has 0 bridgehead atoms. The van der Waals surface area contributed by atoms with E-state index in [4.69, 9.17) is 9.98 Å². The van der Waals surface area contributed by atoms with Crippen molar-refractivity contribution in [2.45, 2.75) is 52.4 Å². The summed E-state index contributed by atoms with van der Waals surface area (Å²) in [5, 5.41) is 19.3. The van der Waals surface area contributed by atoms with E-state index in [2.05, 4.69) is 34.8 Å². The molecule has 1 saturated heterocycles. The van der Waals surface area contributed by atoms with Gasteiger partial charge in [-0.25, -0.2) is 4.98 Å². The minimum Gasteiger partial charge on any atom is -0.396 e. The summed E-state index contributed by atoms with van der Waals surface area (Å²) in [5.74, 6) is 1.32. The van der Waals surface area contributed by atoms with E-state index in [0.717, 1.165) is 70.1 Å². The molecule has 8 heteroatoms. The van der Waals surface area contributed by atoms with E-state index < -0.39 is 0 Å². The van der Waals surface area contributed by atoms with Crippen molar-refractivity contribution in [2.24, 2.45) is 10.9 Å². The Labute approximate surface area is 185 Å². The molecule has 27 heavy (non-hydrogen) atoms. The van der Waals surface area contributed by atoms with E-state index in [1.54, 1.807) is 11.3 Å². The fourth-order valence-corrected chi connectivity index (χ4v) is 4.17. The molecule has 1 aliphatic rings. The molecule has 1 aromatic rings. The molecule has 0 radical (unpaired) electrons. The zero-order chi connectivity index (χ0) is 18.6. The normalized spacial score (nSPS) is 15.5. The maximum atomic E-state index is 9.19. The maximum absolute atomic E-state index is 9.19. The molecule has 1 fully saturated rings. The van der Waals surface area contributed by atoms with Gasteiger partial charge in [0.05, 0.1) is 5.69 Å². The molecule has 0 spiro atoms. The SMILES string of the molecule is CCCC(CCO)CN=C(NCC)NCCc1csc(N2CCCC2)n1.I. The molecule has 2 rings (SSSR count). The predicted molar refractivity (Wildman–Crippen MR) is 127 cm³/mol. The third-order valence-electron chi connectivity index (χ3n) is 4.68. The summed E-state index contributed by atoms with van der Waals surface area (Å²) < 4.78 is 0. The molecule has 0 aliphatic carbocycles.